The molecule has 20 heavy (non-hydrogen) atoms. The van der Waals surface area contributed by atoms with E-state index >= 15 is 0 Å². The summed E-state index contributed by atoms with van der Waals surface area (Å²) in [5, 5.41) is 0. The molecule has 3 heteroatoms. The SMILES string of the molecule is O=C1CCCc2nc(C#Cc3cccc(F)c3)ccc21. The number of benzene rings is 1. The van der Waals surface area contributed by atoms with Gasteiger partial charge in [-0.3, -0.25) is 4.79 Å². The maximum absolute atomic E-state index is 13.0. The molecule has 2 nitrogen and oxygen atoms in total. The van der Waals surface area contributed by atoms with Crippen molar-refractivity contribution in [2.75, 3.05) is 0 Å². The first kappa shape index (κ1) is 12.6. The van der Waals surface area contributed by atoms with Crippen LogP contribution in [0.5, 0.6) is 0 Å². The smallest absolute Gasteiger partial charge is 0.164 e. The van der Waals surface area contributed by atoms with Crippen molar-refractivity contribution in [2.24, 2.45) is 0 Å². The maximum Gasteiger partial charge on any atom is 0.164 e. The highest BCUT2D eigenvalue weighted by Gasteiger charge is 2.17. The summed E-state index contributed by atoms with van der Waals surface area (Å²) in [6.45, 7) is 0. The Hall–Kier alpha value is -2.47. The van der Waals surface area contributed by atoms with Crippen molar-refractivity contribution in [1.29, 1.82) is 0 Å². The van der Waals surface area contributed by atoms with Gasteiger partial charge in [-0.2, -0.15) is 0 Å². The molecule has 98 valence electrons. The second-order valence-corrected chi connectivity index (χ2v) is 4.73. The van der Waals surface area contributed by atoms with Crippen LogP contribution in [0.2, 0.25) is 0 Å². The Morgan fingerprint density at radius 2 is 2.00 bits per heavy atom. The molecule has 1 aromatic carbocycles. The van der Waals surface area contributed by atoms with Crippen LogP contribution >= 0.6 is 0 Å². The summed E-state index contributed by atoms with van der Waals surface area (Å²) < 4.78 is 13.0. The molecule has 0 radical (unpaired) electrons. The summed E-state index contributed by atoms with van der Waals surface area (Å²) in [5.74, 6) is 5.65. The molecule has 0 spiro atoms. The number of halogens is 1. The van der Waals surface area contributed by atoms with Gasteiger partial charge in [-0.05, 0) is 49.1 Å². The Morgan fingerprint density at radius 3 is 2.85 bits per heavy atom. The minimum Gasteiger partial charge on any atom is -0.294 e. The van der Waals surface area contributed by atoms with E-state index in [1.807, 2.05) is 0 Å². The molecule has 0 fully saturated rings. The molecule has 2 aromatic rings. The number of aryl methyl sites for hydroxylation is 1. The maximum atomic E-state index is 13.0. The van der Waals surface area contributed by atoms with Gasteiger partial charge in [0.15, 0.2) is 5.78 Å². The molecule has 0 saturated carbocycles. The Balaban J connectivity index is 1.91. The van der Waals surface area contributed by atoms with Crippen LogP contribution in [0.25, 0.3) is 0 Å². The van der Waals surface area contributed by atoms with Gasteiger partial charge in [0.1, 0.15) is 11.5 Å². The molecule has 1 aromatic heterocycles. The van der Waals surface area contributed by atoms with Crippen LogP contribution < -0.4 is 0 Å². The summed E-state index contributed by atoms with van der Waals surface area (Å²) >= 11 is 0. The number of carbonyl (C=O) groups excluding carboxylic acids is 1. The number of carbonyl (C=O) groups is 1. The lowest BCUT2D eigenvalue weighted by atomic mass is 9.94. The number of aromatic nitrogens is 1. The van der Waals surface area contributed by atoms with Crippen molar-refractivity contribution in [3.8, 4) is 11.8 Å². The Bertz CT molecular complexity index is 740. The Morgan fingerprint density at radius 1 is 1.10 bits per heavy atom. The third-order valence-corrected chi connectivity index (χ3v) is 3.25. The monoisotopic (exact) mass is 265 g/mol. The molecular weight excluding hydrogens is 253 g/mol. The zero-order valence-corrected chi connectivity index (χ0v) is 10.8. The fraction of sp³-hybridized carbons (Fsp3) is 0.176. The molecule has 0 N–H and O–H groups in total. The van der Waals surface area contributed by atoms with Crippen LogP contribution in [-0.4, -0.2) is 10.8 Å². The van der Waals surface area contributed by atoms with E-state index in [1.165, 1.54) is 12.1 Å². The van der Waals surface area contributed by atoms with Crippen molar-refractivity contribution >= 4 is 5.78 Å². The van der Waals surface area contributed by atoms with Gasteiger partial charge in [0.25, 0.3) is 0 Å². The fourth-order valence-electron chi connectivity index (χ4n) is 2.27. The van der Waals surface area contributed by atoms with E-state index < -0.39 is 0 Å². The van der Waals surface area contributed by atoms with E-state index in [0.717, 1.165) is 18.5 Å². The normalized spacial score (nSPS) is 13.3. The second-order valence-electron chi connectivity index (χ2n) is 4.73. The number of nitrogens with zero attached hydrogens (tertiary/aromatic N) is 1. The first-order valence-corrected chi connectivity index (χ1v) is 6.53. The molecule has 1 aliphatic carbocycles. The van der Waals surface area contributed by atoms with E-state index in [4.69, 9.17) is 0 Å². The van der Waals surface area contributed by atoms with E-state index in [1.54, 1.807) is 24.3 Å². The minimum absolute atomic E-state index is 0.156. The van der Waals surface area contributed by atoms with Crippen LogP contribution in [0.15, 0.2) is 36.4 Å². The zero-order chi connectivity index (χ0) is 13.9. The summed E-state index contributed by atoms with van der Waals surface area (Å²) in [6, 6.07) is 9.67. The van der Waals surface area contributed by atoms with E-state index in [9.17, 15) is 9.18 Å². The van der Waals surface area contributed by atoms with Crippen LogP contribution in [0.3, 0.4) is 0 Å². The quantitative estimate of drug-likeness (QED) is 0.685. The number of pyridine rings is 1. The van der Waals surface area contributed by atoms with Crippen LogP contribution in [0, 0.1) is 17.7 Å². The van der Waals surface area contributed by atoms with Crippen LogP contribution in [0.1, 0.15) is 40.2 Å². The number of fused-ring (bicyclic) bond motifs is 1. The second kappa shape index (κ2) is 5.26. The van der Waals surface area contributed by atoms with Gasteiger partial charge in [0.05, 0.1) is 5.69 Å². The fourth-order valence-corrected chi connectivity index (χ4v) is 2.27. The zero-order valence-electron chi connectivity index (χ0n) is 10.8. The highest BCUT2D eigenvalue weighted by molar-refractivity contribution is 5.98. The standard InChI is InChI=1S/C17H12FNO/c18-13-4-1-3-12(11-13)7-8-14-9-10-15-16(19-14)5-2-6-17(15)20/h1,3-4,9-11H,2,5-6H2. The van der Waals surface area contributed by atoms with Gasteiger partial charge in [-0.25, -0.2) is 9.37 Å². The topological polar surface area (TPSA) is 30.0 Å². The van der Waals surface area contributed by atoms with Gasteiger partial charge in [0.2, 0.25) is 0 Å². The molecule has 1 heterocycles. The molecule has 0 bridgehead atoms. The van der Waals surface area contributed by atoms with Crippen molar-refractivity contribution in [1.82, 2.24) is 4.98 Å². The predicted octanol–water partition coefficient (Wildman–Crippen LogP) is 3.14. The number of ketones is 1. The molecule has 1 aliphatic rings. The molecule has 0 atom stereocenters. The third-order valence-electron chi connectivity index (χ3n) is 3.25. The van der Waals surface area contributed by atoms with Crippen molar-refractivity contribution < 1.29 is 9.18 Å². The summed E-state index contributed by atoms with van der Waals surface area (Å²) in [4.78, 5) is 16.1. The number of hydrogen-bond donors (Lipinski definition) is 0. The summed E-state index contributed by atoms with van der Waals surface area (Å²) in [5.41, 5.74) is 2.77. The predicted molar refractivity (Wildman–Crippen MR) is 73.9 cm³/mol. The molecule has 0 saturated heterocycles. The van der Waals surface area contributed by atoms with Gasteiger partial charge >= 0.3 is 0 Å². The lowest BCUT2D eigenvalue weighted by Gasteiger charge is -2.12. The van der Waals surface area contributed by atoms with E-state index in [0.29, 0.717) is 23.2 Å². The van der Waals surface area contributed by atoms with E-state index in [2.05, 4.69) is 16.8 Å². The lowest BCUT2D eigenvalue weighted by Crippen LogP contribution is -2.12. The first-order chi connectivity index (χ1) is 9.72. The largest absolute Gasteiger partial charge is 0.294 e. The van der Waals surface area contributed by atoms with Gasteiger partial charge in [0, 0.05) is 17.5 Å². The third kappa shape index (κ3) is 2.60. The molecule has 3 rings (SSSR count). The molecular formula is C17H12FNO. The lowest BCUT2D eigenvalue weighted by molar-refractivity contribution is 0.0971. The highest BCUT2D eigenvalue weighted by atomic mass is 19.1. The van der Waals surface area contributed by atoms with Crippen LogP contribution in [-0.2, 0) is 6.42 Å². The van der Waals surface area contributed by atoms with Crippen molar-refractivity contribution in [3.05, 3.63) is 64.7 Å². The summed E-state index contributed by atoms with van der Waals surface area (Å²) in [7, 11) is 0. The first-order valence-electron chi connectivity index (χ1n) is 6.53. The number of rotatable bonds is 0. The van der Waals surface area contributed by atoms with E-state index in [-0.39, 0.29) is 11.6 Å². The number of hydrogen-bond acceptors (Lipinski definition) is 2. The number of Topliss-reactive ketones (excluding diaryl/α,β-unsaturated/α-hetero) is 1. The van der Waals surface area contributed by atoms with Crippen molar-refractivity contribution in [2.45, 2.75) is 19.3 Å². The van der Waals surface area contributed by atoms with Gasteiger partial charge in [-0.15, -0.1) is 0 Å². The minimum atomic E-state index is -0.305. The molecule has 0 amide bonds. The molecule has 0 aliphatic heterocycles. The van der Waals surface area contributed by atoms with Crippen molar-refractivity contribution in [3.63, 3.8) is 0 Å². The summed E-state index contributed by atoms with van der Waals surface area (Å²) in [6.07, 6.45) is 2.26. The highest BCUT2D eigenvalue weighted by Crippen LogP contribution is 2.19. The van der Waals surface area contributed by atoms with Gasteiger partial charge < -0.3 is 0 Å². The Kier molecular flexibility index (Phi) is 3.30. The average molecular weight is 265 g/mol. The average Bonchev–Trinajstić information content (AvgIpc) is 2.45. The molecule has 0 unspecified atom stereocenters. The van der Waals surface area contributed by atoms with Gasteiger partial charge in [-0.1, -0.05) is 12.0 Å². The van der Waals surface area contributed by atoms with Crippen LogP contribution in [0.4, 0.5) is 4.39 Å². The Labute approximate surface area is 116 Å².